The molecular weight excluding hydrogens is 189 g/mol. The van der Waals surface area contributed by atoms with Gasteiger partial charge in [-0.05, 0) is 12.8 Å². The molecule has 0 aromatic heterocycles. The first-order chi connectivity index (χ1) is 5.95. The molecule has 0 aliphatic carbocycles. The van der Waals surface area contributed by atoms with Crippen molar-refractivity contribution in [3.05, 3.63) is 0 Å². The van der Waals surface area contributed by atoms with Gasteiger partial charge < -0.3 is 15.5 Å². The van der Waals surface area contributed by atoms with E-state index in [-0.39, 0.29) is 12.2 Å². The van der Waals surface area contributed by atoms with Crippen molar-refractivity contribution in [2.24, 2.45) is 5.73 Å². The Hall–Kier alpha value is 0.110. The monoisotopic (exact) mass is 209 g/mol. The lowest BCUT2D eigenvalue weighted by molar-refractivity contribution is 0.368. The Morgan fingerprint density at radius 2 is 1.92 bits per heavy atom. The third-order valence-electron chi connectivity index (χ3n) is 1.97. The average molecular weight is 209 g/mol. The normalized spacial score (nSPS) is 14.5. The van der Waals surface area contributed by atoms with E-state index in [1.165, 1.54) is 0 Å². The van der Waals surface area contributed by atoms with Crippen molar-refractivity contribution < 1.29 is 14.4 Å². The molecule has 0 aliphatic heterocycles. The maximum atomic E-state index is 10.5. The second-order valence-electron chi connectivity index (χ2n) is 3.43. The standard InChI is InChI=1S/C8H20NO3P/c1-2-3-4-5-8(9)6-7-13(10,11)12/h8H,2-7,9H2,1H3,(H2,10,11,12). The molecule has 80 valence electrons. The van der Waals surface area contributed by atoms with Crippen LogP contribution in [-0.4, -0.2) is 22.0 Å². The minimum atomic E-state index is -3.84. The summed E-state index contributed by atoms with van der Waals surface area (Å²) in [6.07, 6.45) is 4.55. The van der Waals surface area contributed by atoms with Gasteiger partial charge in [0.15, 0.2) is 0 Å². The van der Waals surface area contributed by atoms with Crippen molar-refractivity contribution >= 4 is 7.60 Å². The van der Waals surface area contributed by atoms with Gasteiger partial charge in [0.05, 0.1) is 6.16 Å². The summed E-state index contributed by atoms with van der Waals surface area (Å²) in [7, 11) is -3.84. The predicted octanol–water partition coefficient (Wildman–Crippen LogP) is 1.46. The average Bonchev–Trinajstić information content (AvgIpc) is 2.00. The first kappa shape index (κ1) is 13.1. The summed E-state index contributed by atoms with van der Waals surface area (Å²) in [6, 6.07) is -0.0563. The van der Waals surface area contributed by atoms with Crippen LogP contribution in [0.25, 0.3) is 0 Å². The Labute approximate surface area is 79.7 Å². The molecule has 0 radical (unpaired) electrons. The number of nitrogens with two attached hydrogens (primary N) is 1. The van der Waals surface area contributed by atoms with E-state index in [9.17, 15) is 4.57 Å². The number of hydrogen-bond donors (Lipinski definition) is 3. The quantitative estimate of drug-likeness (QED) is 0.438. The SMILES string of the molecule is CCCCCC(N)CCP(=O)(O)O. The maximum absolute atomic E-state index is 10.5. The van der Waals surface area contributed by atoms with Crippen LogP contribution in [0, 0.1) is 0 Å². The zero-order valence-corrected chi connectivity index (χ0v) is 9.04. The maximum Gasteiger partial charge on any atom is 0.325 e. The van der Waals surface area contributed by atoms with Crippen LogP contribution in [0.2, 0.25) is 0 Å². The fraction of sp³-hybridized carbons (Fsp3) is 1.00. The van der Waals surface area contributed by atoms with E-state index in [0.717, 1.165) is 25.7 Å². The van der Waals surface area contributed by atoms with Crippen LogP contribution >= 0.6 is 7.60 Å². The van der Waals surface area contributed by atoms with E-state index < -0.39 is 7.60 Å². The molecule has 4 nitrogen and oxygen atoms in total. The van der Waals surface area contributed by atoms with Gasteiger partial charge in [-0.1, -0.05) is 26.2 Å². The first-order valence-electron chi connectivity index (χ1n) is 4.76. The van der Waals surface area contributed by atoms with Gasteiger partial charge in [0.1, 0.15) is 0 Å². The smallest absolute Gasteiger partial charge is 0.325 e. The van der Waals surface area contributed by atoms with Gasteiger partial charge >= 0.3 is 7.60 Å². The third kappa shape index (κ3) is 10.0. The zero-order chi connectivity index (χ0) is 10.3. The van der Waals surface area contributed by atoms with Crippen molar-refractivity contribution in [1.82, 2.24) is 0 Å². The van der Waals surface area contributed by atoms with E-state index >= 15 is 0 Å². The van der Waals surface area contributed by atoms with Crippen molar-refractivity contribution in [2.75, 3.05) is 6.16 Å². The highest BCUT2D eigenvalue weighted by molar-refractivity contribution is 7.51. The topological polar surface area (TPSA) is 83.6 Å². The number of unbranched alkanes of at least 4 members (excludes halogenated alkanes) is 2. The van der Waals surface area contributed by atoms with Crippen molar-refractivity contribution in [3.8, 4) is 0 Å². The molecule has 0 bridgehead atoms. The summed E-state index contributed by atoms with van der Waals surface area (Å²) < 4.78 is 10.5. The lowest BCUT2D eigenvalue weighted by atomic mass is 10.1. The Bertz CT molecular complexity index is 169. The number of hydrogen-bond acceptors (Lipinski definition) is 2. The molecule has 1 atom stereocenters. The van der Waals surface area contributed by atoms with Crippen molar-refractivity contribution in [1.29, 1.82) is 0 Å². The molecule has 0 saturated carbocycles. The third-order valence-corrected chi connectivity index (χ3v) is 2.81. The zero-order valence-electron chi connectivity index (χ0n) is 8.15. The summed E-state index contributed by atoms with van der Waals surface area (Å²) in [6.45, 7) is 2.11. The highest BCUT2D eigenvalue weighted by atomic mass is 31.2. The van der Waals surface area contributed by atoms with Gasteiger partial charge in [0.2, 0.25) is 0 Å². The van der Waals surface area contributed by atoms with Gasteiger partial charge in [0.25, 0.3) is 0 Å². The van der Waals surface area contributed by atoms with Crippen LogP contribution < -0.4 is 5.73 Å². The molecule has 4 N–H and O–H groups in total. The van der Waals surface area contributed by atoms with E-state index in [1.807, 2.05) is 0 Å². The molecule has 0 rings (SSSR count). The second-order valence-corrected chi connectivity index (χ2v) is 5.21. The summed E-state index contributed by atoms with van der Waals surface area (Å²) in [5.41, 5.74) is 5.68. The summed E-state index contributed by atoms with van der Waals surface area (Å²) >= 11 is 0. The Kier molecular flexibility index (Phi) is 6.60. The molecule has 0 saturated heterocycles. The molecule has 5 heteroatoms. The van der Waals surface area contributed by atoms with E-state index in [2.05, 4.69) is 6.92 Å². The lowest BCUT2D eigenvalue weighted by Crippen LogP contribution is -2.21. The van der Waals surface area contributed by atoms with Crippen LogP contribution in [0.3, 0.4) is 0 Å². The minimum absolute atomic E-state index is 0.0563. The van der Waals surface area contributed by atoms with Gasteiger partial charge in [-0.25, -0.2) is 0 Å². The Balaban J connectivity index is 3.40. The van der Waals surface area contributed by atoms with E-state index in [0.29, 0.717) is 6.42 Å². The second kappa shape index (κ2) is 6.55. The summed E-state index contributed by atoms with van der Waals surface area (Å²) in [5.74, 6) is 0. The van der Waals surface area contributed by atoms with Crippen LogP contribution in [0.1, 0.15) is 39.0 Å². The molecule has 0 spiro atoms. The molecule has 0 aliphatic rings. The van der Waals surface area contributed by atoms with Crippen LogP contribution in [-0.2, 0) is 4.57 Å². The van der Waals surface area contributed by atoms with Gasteiger partial charge in [-0.15, -0.1) is 0 Å². The molecule has 1 unspecified atom stereocenters. The van der Waals surface area contributed by atoms with Gasteiger partial charge in [0, 0.05) is 6.04 Å². The number of rotatable bonds is 7. The predicted molar refractivity (Wildman–Crippen MR) is 53.6 cm³/mol. The van der Waals surface area contributed by atoms with E-state index in [1.54, 1.807) is 0 Å². The Morgan fingerprint density at radius 3 is 2.38 bits per heavy atom. The summed E-state index contributed by atoms with van der Waals surface area (Å²) in [5, 5.41) is 0. The van der Waals surface area contributed by atoms with Crippen LogP contribution in [0.15, 0.2) is 0 Å². The summed E-state index contributed by atoms with van der Waals surface area (Å²) in [4.78, 5) is 17.2. The molecule has 0 heterocycles. The molecule has 0 fully saturated rings. The van der Waals surface area contributed by atoms with Crippen LogP contribution in [0.4, 0.5) is 0 Å². The fourth-order valence-corrected chi connectivity index (χ4v) is 1.80. The highest BCUT2D eigenvalue weighted by Gasteiger charge is 2.14. The van der Waals surface area contributed by atoms with Gasteiger partial charge in [-0.2, -0.15) is 0 Å². The molecule has 0 aromatic carbocycles. The Morgan fingerprint density at radius 1 is 1.31 bits per heavy atom. The fourth-order valence-electron chi connectivity index (χ4n) is 1.13. The minimum Gasteiger partial charge on any atom is -0.328 e. The molecule has 0 amide bonds. The van der Waals surface area contributed by atoms with Gasteiger partial charge in [-0.3, -0.25) is 4.57 Å². The van der Waals surface area contributed by atoms with Crippen LogP contribution in [0.5, 0.6) is 0 Å². The van der Waals surface area contributed by atoms with Crippen molar-refractivity contribution in [3.63, 3.8) is 0 Å². The first-order valence-corrected chi connectivity index (χ1v) is 6.55. The highest BCUT2D eigenvalue weighted by Crippen LogP contribution is 2.35. The molecule has 0 aromatic rings. The lowest BCUT2D eigenvalue weighted by Gasteiger charge is -2.11. The van der Waals surface area contributed by atoms with E-state index in [4.69, 9.17) is 15.5 Å². The van der Waals surface area contributed by atoms with Crippen molar-refractivity contribution in [2.45, 2.75) is 45.1 Å². The largest absolute Gasteiger partial charge is 0.328 e. The molecular formula is C8H20NO3P. The molecule has 13 heavy (non-hydrogen) atoms.